The summed E-state index contributed by atoms with van der Waals surface area (Å²) in [7, 11) is -2.53. The van der Waals surface area contributed by atoms with Crippen LogP contribution in [0.3, 0.4) is 0 Å². The van der Waals surface area contributed by atoms with Gasteiger partial charge in [-0.25, -0.2) is 17.5 Å². The van der Waals surface area contributed by atoms with Crippen LogP contribution in [-0.4, -0.2) is 21.4 Å². The van der Waals surface area contributed by atoms with Crippen LogP contribution in [0.5, 0.6) is 0 Å². The standard InChI is InChI=1S/C17H15FN2O4S2/c1-19-26(22,23)15-9-8-13(24-15)17(21)20-16(14-3-2-10-25-14)11-4-6-12(18)7-5-11/h2-10,16,19H,1H3,(H,20,21). The molecule has 26 heavy (non-hydrogen) atoms. The molecule has 136 valence electrons. The maximum Gasteiger partial charge on any atom is 0.287 e. The maximum absolute atomic E-state index is 13.2. The molecule has 2 N–H and O–H groups in total. The number of carbonyl (C=O) groups is 1. The minimum absolute atomic E-state index is 0.137. The van der Waals surface area contributed by atoms with E-state index in [1.807, 2.05) is 17.5 Å². The fourth-order valence-electron chi connectivity index (χ4n) is 2.32. The minimum atomic E-state index is -3.78. The fourth-order valence-corrected chi connectivity index (χ4v) is 3.77. The van der Waals surface area contributed by atoms with Gasteiger partial charge in [0, 0.05) is 4.88 Å². The summed E-state index contributed by atoms with van der Waals surface area (Å²) in [5.41, 5.74) is 0.692. The first-order valence-corrected chi connectivity index (χ1v) is 9.90. The fraction of sp³-hybridized carbons (Fsp3) is 0.118. The van der Waals surface area contributed by atoms with Crippen LogP contribution in [0.15, 0.2) is 63.4 Å². The molecule has 0 spiro atoms. The monoisotopic (exact) mass is 394 g/mol. The Labute approximate surface area is 153 Å². The van der Waals surface area contributed by atoms with Crippen molar-refractivity contribution in [3.05, 3.63) is 75.9 Å². The van der Waals surface area contributed by atoms with Crippen LogP contribution >= 0.6 is 11.3 Å². The molecular weight excluding hydrogens is 379 g/mol. The SMILES string of the molecule is CNS(=O)(=O)c1ccc(C(=O)NC(c2ccc(F)cc2)c2cccs2)o1. The summed E-state index contributed by atoms with van der Waals surface area (Å²) in [6, 6.07) is 11.5. The highest BCUT2D eigenvalue weighted by Gasteiger charge is 2.23. The highest BCUT2D eigenvalue weighted by Crippen LogP contribution is 2.27. The third-order valence-corrected chi connectivity index (χ3v) is 5.87. The normalized spacial score (nSPS) is 12.7. The lowest BCUT2D eigenvalue weighted by Crippen LogP contribution is -2.28. The number of carbonyl (C=O) groups excluding carboxylic acids is 1. The van der Waals surface area contributed by atoms with E-state index < -0.39 is 22.0 Å². The van der Waals surface area contributed by atoms with Gasteiger partial charge in [-0.3, -0.25) is 4.79 Å². The maximum atomic E-state index is 13.2. The summed E-state index contributed by atoms with van der Waals surface area (Å²) in [4.78, 5) is 13.4. The summed E-state index contributed by atoms with van der Waals surface area (Å²) in [5.74, 6) is -1.09. The zero-order chi connectivity index (χ0) is 18.7. The Balaban J connectivity index is 1.88. The van der Waals surface area contributed by atoms with Crippen molar-refractivity contribution in [1.29, 1.82) is 0 Å². The van der Waals surface area contributed by atoms with Crippen LogP contribution in [-0.2, 0) is 10.0 Å². The Morgan fingerprint density at radius 1 is 1.15 bits per heavy atom. The van der Waals surface area contributed by atoms with E-state index in [2.05, 4.69) is 10.0 Å². The van der Waals surface area contributed by atoms with Crippen molar-refractivity contribution >= 4 is 27.3 Å². The second kappa shape index (κ2) is 7.40. The Morgan fingerprint density at radius 3 is 2.50 bits per heavy atom. The predicted molar refractivity (Wildman–Crippen MR) is 95.0 cm³/mol. The van der Waals surface area contributed by atoms with E-state index in [1.54, 1.807) is 12.1 Å². The largest absolute Gasteiger partial charge is 0.438 e. The molecular formula is C17H15FN2O4S2. The van der Waals surface area contributed by atoms with E-state index in [0.29, 0.717) is 5.56 Å². The van der Waals surface area contributed by atoms with Crippen molar-refractivity contribution in [2.75, 3.05) is 7.05 Å². The van der Waals surface area contributed by atoms with Gasteiger partial charge in [-0.2, -0.15) is 0 Å². The van der Waals surface area contributed by atoms with Crippen molar-refractivity contribution in [2.45, 2.75) is 11.1 Å². The molecule has 9 heteroatoms. The number of furan rings is 1. The molecule has 1 amide bonds. The number of nitrogens with one attached hydrogen (secondary N) is 2. The van der Waals surface area contributed by atoms with Gasteiger partial charge in [0.25, 0.3) is 15.9 Å². The van der Waals surface area contributed by atoms with Crippen molar-refractivity contribution in [2.24, 2.45) is 0 Å². The van der Waals surface area contributed by atoms with Crippen molar-refractivity contribution in [3.8, 4) is 0 Å². The van der Waals surface area contributed by atoms with Crippen LogP contribution in [0, 0.1) is 5.82 Å². The van der Waals surface area contributed by atoms with E-state index >= 15 is 0 Å². The van der Waals surface area contributed by atoms with Crippen LogP contribution in [0.1, 0.15) is 27.0 Å². The molecule has 0 aliphatic rings. The molecule has 6 nitrogen and oxygen atoms in total. The number of rotatable bonds is 6. The molecule has 0 bridgehead atoms. The molecule has 3 rings (SSSR count). The molecule has 1 atom stereocenters. The molecule has 1 aromatic carbocycles. The first kappa shape index (κ1) is 18.3. The number of hydrogen-bond acceptors (Lipinski definition) is 5. The average Bonchev–Trinajstić information content (AvgIpc) is 3.32. The van der Waals surface area contributed by atoms with E-state index in [4.69, 9.17) is 4.42 Å². The molecule has 0 saturated heterocycles. The van der Waals surface area contributed by atoms with Gasteiger partial charge in [0.05, 0.1) is 6.04 Å². The molecule has 0 aliphatic heterocycles. The lowest BCUT2D eigenvalue weighted by Gasteiger charge is -2.17. The van der Waals surface area contributed by atoms with Crippen LogP contribution < -0.4 is 10.0 Å². The highest BCUT2D eigenvalue weighted by molar-refractivity contribution is 7.89. The summed E-state index contributed by atoms with van der Waals surface area (Å²) < 4.78 is 43.9. The van der Waals surface area contributed by atoms with Crippen LogP contribution in [0.4, 0.5) is 4.39 Å². The number of sulfonamides is 1. The first-order valence-electron chi connectivity index (χ1n) is 7.54. The van der Waals surface area contributed by atoms with E-state index in [0.717, 1.165) is 4.88 Å². The molecule has 3 aromatic rings. The predicted octanol–water partition coefficient (Wildman–Crippen LogP) is 2.91. The lowest BCUT2D eigenvalue weighted by atomic mass is 10.1. The minimum Gasteiger partial charge on any atom is -0.438 e. The third-order valence-electron chi connectivity index (χ3n) is 3.65. The highest BCUT2D eigenvalue weighted by atomic mass is 32.2. The third kappa shape index (κ3) is 3.85. The second-order valence-electron chi connectivity index (χ2n) is 5.30. The quantitative estimate of drug-likeness (QED) is 0.673. The Morgan fingerprint density at radius 2 is 1.88 bits per heavy atom. The number of thiophene rings is 1. The van der Waals surface area contributed by atoms with Crippen molar-refractivity contribution in [1.82, 2.24) is 10.0 Å². The smallest absolute Gasteiger partial charge is 0.287 e. The van der Waals surface area contributed by atoms with Gasteiger partial charge < -0.3 is 9.73 Å². The lowest BCUT2D eigenvalue weighted by molar-refractivity contribution is 0.0910. The first-order chi connectivity index (χ1) is 12.4. The molecule has 0 radical (unpaired) electrons. The molecule has 2 aromatic heterocycles. The van der Waals surface area contributed by atoms with E-state index in [9.17, 15) is 17.6 Å². The Hall–Kier alpha value is -2.49. The van der Waals surface area contributed by atoms with Gasteiger partial charge in [0.1, 0.15) is 5.82 Å². The molecule has 0 saturated carbocycles. The second-order valence-corrected chi connectivity index (χ2v) is 8.10. The van der Waals surface area contributed by atoms with Crippen molar-refractivity contribution < 1.29 is 22.0 Å². The summed E-state index contributed by atoms with van der Waals surface area (Å²) in [6.45, 7) is 0. The summed E-state index contributed by atoms with van der Waals surface area (Å²) in [5, 5.41) is 4.31. The average molecular weight is 394 g/mol. The summed E-state index contributed by atoms with van der Waals surface area (Å²) >= 11 is 1.44. The van der Waals surface area contributed by atoms with Gasteiger partial charge in [-0.15, -0.1) is 11.3 Å². The van der Waals surface area contributed by atoms with Gasteiger partial charge in [-0.1, -0.05) is 18.2 Å². The van der Waals surface area contributed by atoms with E-state index in [1.165, 1.54) is 42.6 Å². The molecule has 2 heterocycles. The molecule has 1 unspecified atom stereocenters. The van der Waals surface area contributed by atoms with Gasteiger partial charge >= 0.3 is 0 Å². The van der Waals surface area contributed by atoms with Crippen LogP contribution in [0.2, 0.25) is 0 Å². The topological polar surface area (TPSA) is 88.4 Å². The number of benzene rings is 1. The van der Waals surface area contributed by atoms with Gasteiger partial charge in [-0.05, 0) is 48.3 Å². The molecule has 0 aliphatic carbocycles. The zero-order valence-electron chi connectivity index (χ0n) is 13.6. The van der Waals surface area contributed by atoms with E-state index in [-0.39, 0.29) is 16.7 Å². The van der Waals surface area contributed by atoms with Gasteiger partial charge in [0.2, 0.25) is 5.09 Å². The Kier molecular flexibility index (Phi) is 5.21. The number of amides is 1. The Bertz CT molecular complexity index is 996. The number of halogens is 1. The van der Waals surface area contributed by atoms with Crippen molar-refractivity contribution in [3.63, 3.8) is 0 Å². The zero-order valence-corrected chi connectivity index (χ0v) is 15.2. The summed E-state index contributed by atoms with van der Waals surface area (Å²) in [6.07, 6.45) is 0. The molecule has 0 fully saturated rings. The van der Waals surface area contributed by atoms with Gasteiger partial charge in [0.15, 0.2) is 5.76 Å². The van der Waals surface area contributed by atoms with Crippen LogP contribution in [0.25, 0.3) is 0 Å². The number of hydrogen-bond donors (Lipinski definition) is 2.